The highest BCUT2D eigenvalue weighted by atomic mass is 16.5. The second-order valence-electron chi connectivity index (χ2n) is 3.52. The molecule has 0 atom stereocenters. The monoisotopic (exact) mass is 232 g/mol. The van der Waals surface area contributed by atoms with Gasteiger partial charge in [0.25, 0.3) is 0 Å². The molecule has 90 valence electrons. The van der Waals surface area contributed by atoms with Crippen LogP contribution in [0.1, 0.15) is 19.3 Å². The molecule has 0 saturated heterocycles. The van der Waals surface area contributed by atoms with E-state index in [1.54, 1.807) is 0 Å². The zero-order valence-corrected chi connectivity index (χ0v) is 9.69. The van der Waals surface area contributed by atoms with Crippen LogP contribution in [-0.2, 0) is 9.53 Å². The van der Waals surface area contributed by atoms with E-state index in [9.17, 15) is 4.79 Å². The van der Waals surface area contributed by atoms with Gasteiger partial charge in [-0.05, 0) is 18.6 Å². The number of hydrogen-bond acceptors (Lipinski definition) is 4. The van der Waals surface area contributed by atoms with Gasteiger partial charge in [0.2, 0.25) is 0 Å². The van der Waals surface area contributed by atoms with Crippen molar-refractivity contribution in [3.8, 4) is 6.07 Å². The maximum Gasteiger partial charge on any atom is 0.305 e. The van der Waals surface area contributed by atoms with Crippen LogP contribution in [0, 0.1) is 11.3 Å². The van der Waals surface area contributed by atoms with Crippen molar-refractivity contribution in [2.45, 2.75) is 19.3 Å². The molecule has 0 saturated carbocycles. The SMILES string of the molecule is N#CCCCC(=O)OCCNc1ccccc1. The second kappa shape index (κ2) is 8.17. The van der Waals surface area contributed by atoms with Gasteiger partial charge in [0, 0.05) is 25.1 Å². The average molecular weight is 232 g/mol. The van der Waals surface area contributed by atoms with E-state index >= 15 is 0 Å². The zero-order chi connectivity index (χ0) is 12.3. The van der Waals surface area contributed by atoms with Gasteiger partial charge in [-0.1, -0.05) is 18.2 Å². The summed E-state index contributed by atoms with van der Waals surface area (Å²) in [6.45, 7) is 0.939. The van der Waals surface area contributed by atoms with Gasteiger partial charge in [-0.25, -0.2) is 0 Å². The number of anilines is 1. The summed E-state index contributed by atoms with van der Waals surface area (Å²) in [6, 6.07) is 11.7. The molecule has 1 aromatic rings. The average Bonchev–Trinajstić information content (AvgIpc) is 2.36. The van der Waals surface area contributed by atoms with Gasteiger partial charge >= 0.3 is 5.97 Å². The fraction of sp³-hybridized carbons (Fsp3) is 0.385. The molecule has 0 aromatic heterocycles. The number of hydrogen-bond donors (Lipinski definition) is 1. The molecule has 4 nitrogen and oxygen atoms in total. The standard InChI is InChI=1S/C13H16N2O2/c14-9-5-4-8-13(16)17-11-10-15-12-6-2-1-3-7-12/h1-3,6-7,15H,4-5,8,10-11H2. The smallest absolute Gasteiger partial charge is 0.305 e. The third kappa shape index (κ3) is 6.21. The summed E-state index contributed by atoms with van der Waals surface area (Å²) in [5.41, 5.74) is 1.01. The number of ether oxygens (including phenoxy) is 1. The molecule has 1 rings (SSSR count). The predicted octanol–water partition coefficient (Wildman–Crippen LogP) is 2.34. The minimum absolute atomic E-state index is 0.241. The van der Waals surface area contributed by atoms with E-state index in [0.717, 1.165) is 5.69 Å². The summed E-state index contributed by atoms with van der Waals surface area (Å²) in [5.74, 6) is -0.241. The Bertz CT molecular complexity index is 371. The molecule has 0 aliphatic heterocycles. The first kappa shape index (κ1) is 13.0. The lowest BCUT2D eigenvalue weighted by Gasteiger charge is -2.06. The van der Waals surface area contributed by atoms with Gasteiger partial charge in [0.15, 0.2) is 0 Å². The summed E-state index contributed by atoms with van der Waals surface area (Å²) in [4.78, 5) is 11.2. The Balaban J connectivity index is 2.04. The predicted molar refractivity (Wildman–Crippen MR) is 65.4 cm³/mol. The normalized spacial score (nSPS) is 9.35. The Morgan fingerprint density at radius 2 is 2.12 bits per heavy atom. The molecule has 1 N–H and O–H groups in total. The van der Waals surface area contributed by atoms with Crippen LogP contribution in [-0.4, -0.2) is 19.1 Å². The topological polar surface area (TPSA) is 62.1 Å². The molecule has 4 heteroatoms. The fourth-order valence-corrected chi connectivity index (χ4v) is 1.30. The molecular weight excluding hydrogens is 216 g/mol. The van der Waals surface area contributed by atoms with Crippen molar-refractivity contribution in [1.29, 1.82) is 5.26 Å². The van der Waals surface area contributed by atoms with Gasteiger partial charge in [-0.3, -0.25) is 4.79 Å². The first-order valence-electron chi connectivity index (χ1n) is 5.64. The van der Waals surface area contributed by atoms with Crippen molar-refractivity contribution in [2.75, 3.05) is 18.5 Å². The van der Waals surface area contributed by atoms with Crippen molar-refractivity contribution < 1.29 is 9.53 Å². The third-order valence-corrected chi connectivity index (χ3v) is 2.14. The van der Waals surface area contributed by atoms with Crippen molar-refractivity contribution in [1.82, 2.24) is 0 Å². The zero-order valence-electron chi connectivity index (χ0n) is 9.69. The fourth-order valence-electron chi connectivity index (χ4n) is 1.30. The molecule has 0 spiro atoms. The Labute approximate surface area is 101 Å². The number of nitrogens with one attached hydrogen (secondary N) is 1. The summed E-state index contributed by atoms with van der Waals surface area (Å²) >= 11 is 0. The highest BCUT2D eigenvalue weighted by molar-refractivity contribution is 5.69. The maximum atomic E-state index is 11.2. The van der Waals surface area contributed by atoms with E-state index in [0.29, 0.717) is 32.4 Å². The van der Waals surface area contributed by atoms with Crippen LogP contribution in [0.4, 0.5) is 5.69 Å². The van der Waals surface area contributed by atoms with Crippen LogP contribution < -0.4 is 5.32 Å². The molecule has 17 heavy (non-hydrogen) atoms. The number of para-hydroxylation sites is 1. The Hall–Kier alpha value is -2.02. The minimum Gasteiger partial charge on any atom is -0.464 e. The van der Waals surface area contributed by atoms with Crippen LogP contribution in [0.25, 0.3) is 0 Å². The number of carbonyl (C=O) groups excluding carboxylic acids is 1. The van der Waals surface area contributed by atoms with Crippen molar-refractivity contribution >= 4 is 11.7 Å². The molecule has 0 bridgehead atoms. The Kier molecular flexibility index (Phi) is 6.27. The van der Waals surface area contributed by atoms with Crippen molar-refractivity contribution in [3.05, 3.63) is 30.3 Å². The second-order valence-corrected chi connectivity index (χ2v) is 3.52. The number of carbonyl (C=O) groups is 1. The highest BCUT2D eigenvalue weighted by Gasteiger charge is 2.01. The lowest BCUT2D eigenvalue weighted by molar-refractivity contribution is -0.143. The third-order valence-electron chi connectivity index (χ3n) is 2.14. The van der Waals surface area contributed by atoms with E-state index in [1.807, 2.05) is 36.4 Å². The minimum atomic E-state index is -0.241. The molecular formula is C13H16N2O2. The quantitative estimate of drug-likeness (QED) is 0.579. The lowest BCUT2D eigenvalue weighted by atomic mass is 10.2. The van der Waals surface area contributed by atoms with Gasteiger partial charge in [-0.15, -0.1) is 0 Å². The van der Waals surface area contributed by atoms with Crippen LogP contribution in [0.15, 0.2) is 30.3 Å². The van der Waals surface area contributed by atoms with E-state index < -0.39 is 0 Å². The molecule has 0 amide bonds. The van der Waals surface area contributed by atoms with E-state index in [2.05, 4.69) is 5.32 Å². The molecule has 0 aliphatic carbocycles. The number of unbranched alkanes of at least 4 members (excludes halogenated alkanes) is 1. The van der Waals surface area contributed by atoms with Crippen molar-refractivity contribution in [3.63, 3.8) is 0 Å². The molecule has 0 radical (unpaired) electrons. The number of esters is 1. The Morgan fingerprint density at radius 3 is 2.82 bits per heavy atom. The molecule has 0 unspecified atom stereocenters. The maximum absolute atomic E-state index is 11.2. The number of rotatable bonds is 7. The van der Waals surface area contributed by atoms with Gasteiger partial charge in [0.05, 0.1) is 6.07 Å². The van der Waals surface area contributed by atoms with Crippen LogP contribution >= 0.6 is 0 Å². The van der Waals surface area contributed by atoms with Crippen LogP contribution in [0.2, 0.25) is 0 Å². The first-order valence-corrected chi connectivity index (χ1v) is 5.64. The molecule has 0 heterocycles. The lowest BCUT2D eigenvalue weighted by Crippen LogP contribution is -2.13. The van der Waals surface area contributed by atoms with Crippen LogP contribution in [0.5, 0.6) is 0 Å². The van der Waals surface area contributed by atoms with E-state index in [1.165, 1.54) is 0 Å². The van der Waals surface area contributed by atoms with Gasteiger partial charge < -0.3 is 10.1 Å². The summed E-state index contributed by atoms with van der Waals surface area (Å²) in [7, 11) is 0. The first-order chi connectivity index (χ1) is 8.33. The number of nitriles is 1. The molecule has 0 aliphatic rings. The summed E-state index contributed by atoms with van der Waals surface area (Å²) < 4.78 is 5.00. The molecule has 1 aromatic carbocycles. The number of benzene rings is 1. The highest BCUT2D eigenvalue weighted by Crippen LogP contribution is 2.03. The van der Waals surface area contributed by atoms with E-state index in [4.69, 9.17) is 10.00 Å². The van der Waals surface area contributed by atoms with Crippen molar-refractivity contribution in [2.24, 2.45) is 0 Å². The van der Waals surface area contributed by atoms with Gasteiger partial charge in [0.1, 0.15) is 6.61 Å². The van der Waals surface area contributed by atoms with Gasteiger partial charge in [-0.2, -0.15) is 5.26 Å². The molecule has 0 fully saturated rings. The van der Waals surface area contributed by atoms with Crippen LogP contribution in [0.3, 0.4) is 0 Å². The largest absolute Gasteiger partial charge is 0.464 e. The Morgan fingerprint density at radius 1 is 1.35 bits per heavy atom. The van der Waals surface area contributed by atoms with E-state index in [-0.39, 0.29) is 5.97 Å². The summed E-state index contributed by atoms with van der Waals surface area (Å²) in [6.07, 6.45) is 1.29. The summed E-state index contributed by atoms with van der Waals surface area (Å²) in [5, 5.41) is 11.4. The number of nitrogens with zero attached hydrogens (tertiary/aromatic N) is 1.